The van der Waals surface area contributed by atoms with Crippen LogP contribution in [0.15, 0.2) is 54.6 Å². The third kappa shape index (κ3) is 3.25. The second-order valence-corrected chi connectivity index (χ2v) is 5.07. The number of rotatable bonds is 4. The van der Waals surface area contributed by atoms with Crippen molar-refractivity contribution < 1.29 is 13.9 Å². The molecule has 0 aliphatic heterocycles. The van der Waals surface area contributed by atoms with Gasteiger partial charge in [-0.3, -0.25) is 4.79 Å². The van der Waals surface area contributed by atoms with Crippen LogP contribution in [-0.4, -0.2) is 13.1 Å². The third-order valence-corrected chi connectivity index (χ3v) is 3.79. The maximum absolute atomic E-state index is 14.1. The molecule has 1 unspecified atom stereocenters. The highest BCUT2D eigenvalue weighted by Crippen LogP contribution is 2.29. The molecule has 0 saturated carbocycles. The number of hydrogen-bond acceptors (Lipinski definition) is 2. The van der Waals surface area contributed by atoms with E-state index in [1.54, 1.807) is 18.2 Å². The van der Waals surface area contributed by atoms with Crippen molar-refractivity contribution in [2.24, 2.45) is 0 Å². The van der Waals surface area contributed by atoms with E-state index >= 15 is 0 Å². The van der Waals surface area contributed by atoms with Crippen molar-refractivity contribution in [2.75, 3.05) is 7.11 Å². The molecule has 114 valence electrons. The summed E-state index contributed by atoms with van der Waals surface area (Å²) in [5.41, 5.74) is 3.25. The number of esters is 1. The summed E-state index contributed by atoms with van der Waals surface area (Å²) in [6.07, 6.45) is 2.02. The van der Waals surface area contributed by atoms with Gasteiger partial charge >= 0.3 is 5.97 Å². The predicted molar refractivity (Wildman–Crippen MR) is 86.0 cm³/mol. The van der Waals surface area contributed by atoms with Crippen LogP contribution in [0, 0.1) is 5.82 Å². The van der Waals surface area contributed by atoms with Crippen molar-refractivity contribution in [3.8, 4) is 0 Å². The zero-order chi connectivity index (χ0) is 16.1. The minimum atomic E-state index is -0.758. The van der Waals surface area contributed by atoms with Crippen LogP contribution in [0.25, 0.3) is 5.57 Å². The van der Waals surface area contributed by atoms with E-state index in [1.165, 1.54) is 13.2 Å². The second-order valence-electron chi connectivity index (χ2n) is 5.07. The fourth-order valence-electron chi connectivity index (χ4n) is 2.37. The average Bonchev–Trinajstić information content (AvgIpc) is 2.56. The molecule has 0 fully saturated rings. The minimum Gasteiger partial charge on any atom is -0.468 e. The van der Waals surface area contributed by atoms with E-state index in [1.807, 2.05) is 44.2 Å². The predicted octanol–water partition coefficient (Wildman–Crippen LogP) is 4.55. The summed E-state index contributed by atoms with van der Waals surface area (Å²) in [5.74, 6) is -1.64. The Morgan fingerprint density at radius 1 is 1.14 bits per heavy atom. The maximum atomic E-state index is 14.1. The van der Waals surface area contributed by atoms with Crippen LogP contribution in [0.5, 0.6) is 0 Å². The third-order valence-electron chi connectivity index (χ3n) is 3.79. The highest BCUT2D eigenvalue weighted by atomic mass is 19.1. The number of allylic oxidation sites excluding steroid dienone is 2. The van der Waals surface area contributed by atoms with Crippen LogP contribution >= 0.6 is 0 Å². The fourth-order valence-corrected chi connectivity index (χ4v) is 2.37. The highest BCUT2D eigenvalue weighted by Gasteiger charge is 2.26. The van der Waals surface area contributed by atoms with Gasteiger partial charge in [0, 0.05) is 5.56 Å². The van der Waals surface area contributed by atoms with Gasteiger partial charge in [0.15, 0.2) is 0 Å². The first-order chi connectivity index (χ1) is 10.6. The molecule has 2 aromatic rings. The van der Waals surface area contributed by atoms with E-state index in [0.717, 1.165) is 11.1 Å². The molecule has 0 N–H and O–H groups in total. The number of halogens is 1. The molecule has 0 aliphatic carbocycles. The van der Waals surface area contributed by atoms with Gasteiger partial charge in [-0.15, -0.1) is 0 Å². The van der Waals surface area contributed by atoms with Gasteiger partial charge in [-0.1, -0.05) is 48.5 Å². The van der Waals surface area contributed by atoms with Crippen molar-refractivity contribution in [3.05, 3.63) is 77.1 Å². The molecule has 2 aromatic carbocycles. The van der Waals surface area contributed by atoms with Gasteiger partial charge in [-0.25, -0.2) is 4.39 Å². The summed E-state index contributed by atoms with van der Waals surface area (Å²) < 4.78 is 18.9. The van der Waals surface area contributed by atoms with Crippen molar-refractivity contribution in [2.45, 2.75) is 19.8 Å². The molecule has 0 aliphatic rings. The molecular weight excluding hydrogens is 279 g/mol. The summed E-state index contributed by atoms with van der Waals surface area (Å²) in [4.78, 5) is 12.1. The molecule has 2 rings (SSSR count). The van der Waals surface area contributed by atoms with Crippen LogP contribution in [-0.2, 0) is 9.53 Å². The highest BCUT2D eigenvalue weighted by molar-refractivity contribution is 5.82. The van der Waals surface area contributed by atoms with Crippen LogP contribution in [0.4, 0.5) is 4.39 Å². The smallest absolute Gasteiger partial charge is 0.317 e. The first-order valence-corrected chi connectivity index (χ1v) is 7.14. The van der Waals surface area contributed by atoms with Crippen molar-refractivity contribution >= 4 is 11.5 Å². The maximum Gasteiger partial charge on any atom is 0.317 e. The molecule has 0 amide bonds. The van der Waals surface area contributed by atoms with Crippen LogP contribution in [0.2, 0.25) is 0 Å². The van der Waals surface area contributed by atoms with Crippen LogP contribution in [0.3, 0.4) is 0 Å². The Kier molecular flexibility index (Phi) is 5.10. The van der Waals surface area contributed by atoms with Crippen molar-refractivity contribution in [1.29, 1.82) is 0 Å². The fraction of sp³-hybridized carbons (Fsp3) is 0.211. The summed E-state index contributed by atoms with van der Waals surface area (Å²) in [5, 5.41) is 0. The molecule has 0 aromatic heterocycles. The Bertz CT molecular complexity index is 687. The topological polar surface area (TPSA) is 26.3 Å². The van der Waals surface area contributed by atoms with Gasteiger partial charge in [0.25, 0.3) is 0 Å². The molecule has 0 saturated heterocycles. The van der Waals surface area contributed by atoms with Gasteiger partial charge in [0.1, 0.15) is 11.7 Å². The Labute approximate surface area is 130 Å². The monoisotopic (exact) mass is 298 g/mol. The number of carbonyl (C=O) groups excluding carboxylic acids is 1. The molecule has 22 heavy (non-hydrogen) atoms. The molecule has 3 heteroatoms. The molecule has 0 heterocycles. The summed E-state index contributed by atoms with van der Waals surface area (Å²) >= 11 is 0. The number of benzene rings is 2. The van der Waals surface area contributed by atoms with Crippen molar-refractivity contribution in [1.82, 2.24) is 0 Å². The summed E-state index contributed by atoms with van der Waals surface area (Å²) in [6, 6.07) is 13.8. The van der Waals surface area contributed by atoms with Gasteiger partial charge in [-0.05, 0) is 36.6 Å². The molecule has 0 bridgehead atoms. The lowest BCUT2D eigenvalue weighted by Gasteiger charge is -2.16. The lowest BCUT2D eigenvalue weighted by atomic mass is 9.90. The molecule has 1 atom stereocenters. The van der Waals surface area contributed by atoms with E-state index < -0.39 is 17.7 Å². The summed E-state index contributed by atoms with van der Waals surface area (Å²) in [7, 11) is 1.31. The van der Waals surface area contributed by atoms with Crippen molar-refractivity contribution in [3.63, 3.8) is 0 Å². The number of hydrogen-bond donors (Lipinski definition) is 0. The van der Waals surface area contributed by atoms with E-state index in [0.29, 0.717) is 11.1 Å². The SMILES string of the molecule is CC=C(C)c1ccc(C(C(=O)OC)c2ccccc2F)cc1. The van der Waals surface area contributed by atoms with E-state index in [-0.39, 0.29) is 0 Å². The molecule has 0 spiro atoms. The molecular formula is C19H19FO2. The Balaban J connectivity index is 2.47. The normalized spacial score (nSPS) is 12.8. The lowest BCUT2D eigenvalue weighted by Crippen LogP contribution is -2.17. The first-order valence-electron chi connectivity index (χ1n) is 7.14. The number of carbonyl (C=O) groups is 1. The van der Waals surface area contributed by atoms with E-state index in [9.17, 15) is 9.18 Å². The van der Waals surface area contributed by atoms with Crippen LogP contribution < -0.4 is 0 Å². The minimum absolute atomic E-state index is 0.324. The van der Waals surface area contributed by atoms with Gasteiger partial charge in [-0.2, -0.15) is 0 Å². The zero-order valence-electron chi connectivity index (χ0n) is 13.0. The van der Waals surface area contributed by atoms with E-state index in [2.05, 4.69) is 0 Å². The standard InChI is InChI=1S/C19H19FO2/c1-4-13(2)14-9-11-15(12-10-14)18(19(21)22-3)16-7-5-6-8-17(16)20/h4-12,18H,1-3H3. The van der Waals surface area contributed by atoms with Gasteiger partial charge in [0.2, 0.25) is 0 Å². The molecule has 2 nitrogen and oxygen atoms in total. The number of ether oxygens (including phenoxy) is 1. The zero-order valence-corrected chi connectivity index (χ0v) is 13.0. The van der Waals surface area contributed by atoms with Gasteiger partial charge < -0.3 is 4.74 Å². The second kappa shape index (κ2) is 7.03. The lowest BCUT2D eigenvalue weighted by molar-refractivity contribution is -0.141. The summed E-state index contributed by atoms with van der Waals surface area (Å²) in [6.45, 7) is 3.99. The Morgan fingerprint density at radius 2 is 1.77 bits per heavy atom. The van der Waals surface area contributed by atoms with E-state index in [4.69, 9.17) is 4.74 Å². The molecule has 0 radical (unpaired) electrons. The average molecular weight is 298 g/mol. The van der Waals surface area contributed by atoms with Crippen LogP contribution in [0.1, 0.15) is 36.5 Å². The number of methoxy groups -OCH3 is 1. The largest absolute Gasteiger partial charge is 0.468 e. The van der Waals surface area contributed by atoms with Gasteiger partial charge in [0.05, 0.1) is 7.11 Å². The quantitative estimate of drug-likeness (QED) is 0.774. The Hall–Kier alpha value is -2.42. The Morgan fingerprint density at radius 3 is 2.32 bits per heavy atom. The first kappa shape index (κ1) is 16.0.